The molecule has 4 aliphatic rings. The van der Waals surface area contributed by atoms with Crippen LogP contribution in [-0.4, -0.2) is 60.0 Å². The molecule has 79 heavy (non-hydrogen) atoms. The molecule has 18 heteroatoms. The lowest BCUT2D eigenvalue weighted by Gasteiger charge is -2.57. The number of ether oxygens (including phenoxy) is 1. The first kappa shape index (κ1) is 56.2. The van der Waals surface area contributed by atoms with Crippen molar-refractivity contribution in [2.45, 2.75) is 136 Å². The van der Waals surface area contributed by atoms with Gasteiger partial charge in [-0.15, -0.1) is 0 Å². The van der Waals surface area contributed by atoms with E-state index in [2.05, 4.69) is 20.6 Å². The molecule has 2 amide bonds. The van der Waals surface area contributed by atoms with Gasteiger partial charge in [0.2, 0.25) is 0 Å². The van der Waals surface area contributed by atoms with Crippen molar-refractivity contribution in [1.29, 1.82) is 0 Å². The molecule has 4 aliphatic carbocycles. The van der Waals surface area contributed by atoms with Crippen LogP contribution in [0.15, 0.2) is 116 Å². The number of nitrogens with zero attached hydrogens (tertiary/aromatic N) is 4. The van der Waals surface area contributed by atoms with E-state index in [1.54, 1.807) is 30.9 Å². The molecular weight excluding hydrogens is 1030 g/mol. The number of rotatable bonds is 14. The highest BCUT2D eigenvalue weighted by Gasteiger charge is 2.56. The minimum Gasteiger partial charge on any atom is -0.481 e. The first-order valence-electron chi connectivity index (χ1n) is 26.5. The van der Waals surface area contributed by atoms with E-state index >= 15 is 0 Å². The molecule has 4 fully saturated rings. The van der Waals surface area contributed by atoms with Gasteiger partial charge in [0.25, 0.3) is 11.8 Å². The lowest BCUT2D eigenvalue weighted by atomic mass is 9.50. The predicted molar refractivity (Wildman–Crippen MR) is 286 cm³/mol. The van der Waals surface area contributed by atoms with E-state index in [1.807, 2.05) is 66.3 Å². The summed E-state index contributed by atoms with van der Waals surface area (Å²) in [4.78, 5) is 59.6. The van der Waals surface area contributed by atoms with Crippen LogP contribution in [0.25, 0.3) is 22.1 Å². The predicted octanol–water partition coefficient (Wildman–Crippen LogP) is 12.9. The van der Waals surface area contributed by atoms with Crippen molar-refractivity contribution in [1.82, 2.24) is 29.7 Å². The van der Waals surface area contributed by atoms with Crippen LogP contribution in [0.3, 0.4) is 0 Å². The molecule has 0 saturated heterocycles. The molecule has 0 aliphatic heterocycles. The largest absolute Gasteiger partial charge is 0.481 e. The van der Waals surface area contributed by atoms with Gasteiger partial charge < -0.3 is 29.6 Å². The van der Waals surface area contributed by atoms with Crippen molar-refractivity contribution >= 4 is 45.8 Å². The molecule has 4 aromatic heterocycles. The number of fused-ring (bicyclic) bond motifs is 2. The van der Waals surface area contributed by atoms with Crippen LogP contribution >= 0.6 is 0 Å². The van der Waals surface area contributed by atoms with Crippen LogP contribution < -0.4 is 10.6 Å². The van der Waals surface area contributed by atoms with Gasteiger partial charge in [-0.05, 0) is 160 Å². The topological polar surface area (TPSA) is 157 Å². The normalized spacial score (nSPS) is 22.5. The van der Waals surface area contributed by atoms with E-state index in [-0.39, 0.29) is 66.1 Å². The Morgan fingerprint density at radius 1 is 0.620 bits per heavy atom. The number of hydrogen-bond acceptors (Lipinski definition) is 7. The van der Waals surface area contributed by atoms with Crippen LogP contribution in [0.1, 0.15) is 145 Å². The van der Waals surface area contributed by atoms with Gasteiger partial charge >= 0.3 is 24.3 Å². The summed E-state index contributed by atoms with van der Waals surface area (Å²) in [6.07, 6.45) is 4.68. The lowest BCUT2D eigenvalue weighted by molar-refractivity contribution is -0.167. The molecule has 4 heterocycles. The highest BCUT2D eigenvalue weighted by Crippen LogP contribution is 2.60. The second-order valence-electron chi connectivity index (χ2n) is 21.9. The van der Waals surface area contributed by atoms with Gasteiger partial charge in [-0.1, -0.05) is 62.0 Å². The Labute approximate surface area is 454 Å². The fourth-order valence-corrected chi connectivity index (χ4v) is 12.5. The number of nitrogens with one attached hydrogen (secondary N) is 2. The number of alkyl halides is 6. The van der Waals surface area contributed by atoms with Gasteiger partial charge in [0.05, 0.1) is 34.1 Å². The number of carbonyl (C=O) groups is 4. The minimum absolute atomic E-state index is 0. The Balaban J connectivity index is 0.000000193. The van der Waals surface area contributed by atoms with E-state index in [0.717, 1.165) is 84.9 Å². The second kappa shape index (κ2) is 22.0. The second-order valence-corrected chi connectivity index (χ2v) is 21.9. The van der Waals surface area contributed by atoms with E-state index in [9.17, 15) is 45.5 Å². The first-order valence-corrected chi connectivity index (χ1v) is 26.5. The number of carboxylic acid groups (broad SMARTS) is 1. The van der Waals surface area contributed by atoms with Crippen molar-refractivity contribution in [2.75, 3.05) is 0 Å². The number of esters is 1. The molecular formula is C61H64F6N6O6. The Morgan fingerprint density at radius 2 is 1.03 bits per heavy atom. The fourth-order valence-electron chi connectivity index (χ4n) is 12.5. The third-order valence-corrected chi connectivity index (χ3v) is 16.6. The van der Waals surface area contributed by atoms with Gasteiger partial charge in [0, 0.05) is 60.7 Å². The summed E-state index contributed by atoms with van der Waals surface area (Å²) in [5.41, 5.74) is 5.12. The molecule has 11 rings (SSSR count). The SMILES string of the molecule is C.CCn1cc(C(=O)NC2CC3(C2)CC(C(=O)O)C3)c2c(Cc3ccc(C(F)(F)F)cc3)ccnc21.CCn1cc(C(=O)NC2CC3(C2)CC(C(=O)O[C@@H](C)c2ccccc2)C3)c2c(Cc3ccc(C(F)(F)F)cc3)ccnc21. The summed E-state index contributed by atoms with van der Waals surface area (Å²) in [6, 6.07) is 23.5. The Morgan fingerprint density at radius 3 is 1.41 bits per heavy atom. The number of benzene rings is 3. The van der Waals surface area contributed by atoms with Crippen molar-refractivity contribution in [2.24, 2.45) is 22.7 Å². The molecule has 12 nitrogen and oxygen atoms in total. The Bertz CT molecular complexity index is 3360. The van der Waals surface area contributed by atoms with Gasteiger partial charge in [0.1, 0.15) is 17.4 Å². The molecule has 0 bridgehead atoms. The Kier molecular flexibility index (Phi) is 15.6. The zero-order valence-corrected chi connectivity index (χ0v) is 43.4. The third-order valence-electron chi connectivity index (χ3n) is 16.6. The van der Waals surface area contributed by atoms with Crippen molar-refractivity contribution in [3.05, 3.63) is 166 Å². The van der Waals surface area contributed by atoms with Crippen molar-refractivity contribution < 1.29 is 55.4 Å². The van der Waals surface area contributed by atoms with Crippen LogP contribution in [0.4, 0.5) is 26.3 Å². The summed E-state index contributed by atoms with van der Waals surface area (Å²) in [6.45, 7) is 7.05. The van der Waals surface area contributed by atoms with E-state index in [0.29, 0.717) is 77.7 Å². The Hall–Kier alpha value is -7.50. The minimum atomic E-state index is -4.39. The number of halogens is 6. The number of amides is 2. The molecule has 3 aromatic carbocycles. The highest BCUT2D eigenvalue weighted by atomic mass is 19.4. The summed E-state index contributed by atoms with van der Waals surface area (Å²) in [7, 11) is 0. The number of aliphatic carboxylic acids is 1. The van der Waals surface area contributed by atoms with Crippen molar-refractivity contribution in [3.8, 4) is 0 Å². The number of carbonyl (C=O) groups excluding carboxylic acids is 3. The summed E-state index contributed by atoms with van der Waals surface area (Å²) in [5, 5.41) is 16.8. The summed E-state index contributed by atoms with van der Waals surface area (Å²) >= 11 is 0. The average molecular weight is 1090 g/mol. The monoisotopic (exact) mass is 1090 g/mol. The first-order chi connectivity index (χ1) is 37.1. The number of aromatic nitrogens is 4. The average Bonchev–Trinajstić information content (AvgIpc) is 4.00. The number of carboxylic acids is 1. The summed E-state index contributed by atoms with van der Waals surface area (Å²) < 4.78 is 87.4. The maximum Gasteiger partial charge on any atom is 0.416 e. The number of pyridine rings is 2. The standard InChI is InChI=1S/C34H34F3N3O3.C26H26F3N3O3.CH4/c1-3-40-20-28(29-24(13-14-38-30(29)40)15-22-9-11-26(12-10-22)34(35,36)37)31(41)39-27-18-33(19-27)16-25(17-33)32(42)43-21(2)23-7-5-4-6-8-23;1-2-32-14-20(23(33)31-19-12-25(13-19)10-17(11-25)24(34)35)21-16(7-8-30-22(21)32)9-15-3-5-18(6-4-15)26(27,28)29;/h4-14,20-21,25,27H,3,15-19H2,1-2H3,(H,39,41);3-8,14,17,19H,2,9-13H2,1H3,(H,31,33)(H,34,35);1H4/t21-,25?,27?,33?;;/m0../s1. The number of hydrogen-bond donors (Lipinski definition) is 3. The zero-order chi connectivity index (χ0) is 55.3. The quantitative estimate of drug-likeness (QED) is 0.0717. The van der Waals surface area contributed by atoms with Crippen LogP contribution in [0.2, 0.25) is 0 Å². The van der Waals surface area contributed by atoms with E-state index < -0.39 is 29.4 Å². The molecule has 1 atom stereocenters. The van der Waals surface area contributed by atoms with Gasteiger partial charge in [0.15, 0.2) is 0 Å². The van der Waals surface area contributed by atoms with E-state index in [4.69, 9.17) is 9.84 Å². The molecule has 2 spiro atoms. The molecule has 3 N–H and O–H groups in total. The highest BCUT2D eigenvalue weighted by molar-refractivity contribution is 6.08. The third kappa shape index (κ3) is 11.7. The van der Waals surface area contributed by atoms with Crippen LogP contribution in [0, 0.1) is 22.7 Å². The molecule has 416 valence electrons. The van der Waals surface area contributed by atoms with Gasteiger partial charge in [-0.25, -0.2) is 9.97 Å². The molecule has 0 radical (unpaired) electrons. The maximum absolute atomic E-state index is 13.5. The molecule has 4 saturated carbocycles. The number of aryl methyl sites for hydroxylation is 2. The molecule has 0 unspecified atom stereocenters. The summed E-state index contributed by atoms with van der Waals surface area (Å²) in [5.74, 6) is -1.68. The van der Waals surface area contributed by atoms with Crippen LogP contribution in [-0.2, 0) is 52.6 Å². The van der Waals surface area contributed by atoms with E-state index in [1.165, 1.54) is 24.3 Å². The zero-order valence-electron chi connectivity index (χ0n) is 43.4. The van der Waals surface area contributed by atoms with Gasteiger partial charge in [-0.2, -0.15) is 26.3 Å². The molecule has 7 aromatic rings. The maximum atomic E-state index is 13.5. The fraction of sp³-hybridized carbons (Fsp3) is 0.410. The van der Waals surface area contributed by atoms with Crippen LogP contribution in [0.5, 0.6) is 0 Å². The van der Waals surface area contributed by atoms with Gasteiger partial charge in [-0.3, -0.25) is 19.2 Å². The van der Waals surface area contributed by atoms with Crippen molar-refractivity contribution in [3.63, 3.8) is 0 Å². The lowest BCUT2D eigenvalue weighted by Crippen LogP contribution is -2.57. The smallest absolute Gasteiger partial charge is 0.416 e.